The van der Waals surface area contributed by atoms with E-state index in [1.54, 1.807) is 13.8 Å². The van der Waals surface area contributed by atoms with Gasteiger partial charge in [-0.15, -0.1) is 0 Å². The minimum atomic E-state index is -2.37. The summed E-state index contributed by atoms with van der Waals surface area (Å²) in [6, 6.07) is 0. The van der Waals surface area contributed by atoms with Crippen LogP contribution in [-0.4, -0.2) is 31.8 Å². The molecule has 0 radical (unpaired) electrons. The van der Waals surface area contributed by atoms with E-state index in [0.29, 0.717) is 0 Å². The zero-order chi connectivity index (χ0) is 9.07. The lowest BCUT2D eigenvalue weighted by atomic mass is 10.3. The maximum absolute atomic E-state index is 10.7. The fourth-order valence-corrected chi connectivity index (χ4v) is 1.13. The van der Waals surface area contributed by atoms with E-state index in [2.05, 4.69) is 0 Å². The molecule has 0 aromatic heterocycles. The molecule has 0 aromatic carbocycles. The summed E-state index contributed by atoms with van der Waals surface area (Å²) < 4.78 is 21.5. The van der Waals surface area contributed by atoms with Gasteiger partial charge in [0, 0.05) is 0 Å². The summed E-state index contributed by atoms with van der Waals surface area (Å²) >= 11 is 0. The number of hydrogen-bond acceptors (Lipinski definition) is 3. The summed E-state index contributed by atoms with van der Waals surface area (Å²) in [5.41, 5.74) is 0. The Kier molecular flexibility index (Phi) is 4.03. The average Bonchev–Trinajstić information content (AvgIpc) is 1.88. The van der Waals surface area contributed by atoms with Crippen molar-refractivity contribution in [2.45, 2.75) is 32.1 Å². The summed E-state index contributed by atoms with van der Waals surface area (Å²) in [6.07, 6.45) is 0.975. The van der Waals surface area contributed by atoms with E-state index in [1.807, 2.05) is 18.9 Å². The third kappa shape index (κ3) is 2.79. The third-order valence-electron chi connectivity index (χ3n) is 1.94. The molecule has 0 amide bonds. The van der Waals surface area contributed by atoms with Gasteiger partial charge in [0.25, 0.3) is 0 Å². The van der Waals surface area contributed by atoms with Gasteiger partial charge in [-0.3, -0.25) is 4.90 Å². The molecule has 11 heavy (non-hydrogen) atoms. The Morgan fingerprint density at radius 2 is 1.82 bits per heavy atom. The Hall–Kier alpha value is -0.0900. The molecule has 0 aliphatic carbocycles. The average molecular weight is 179 g/mol. The molecule has 4 heteroatoms. The van der Waals surface area contributed by atoms with E-state index in [-0.39, 0.29) is 0 Å². The molecule has 0 fully saturated rings. The Bertz CT molecular complexity index is 179. The second-order valence-electron chi connectivity index (χ2n) is 3.17. The molecule has 0 heterocycles. The van der Waals surface area contributed by atoms with E-state index in [9.17, 15) is 8.42 Å². The van der Waals surface area contributed by atoms with Gasteiger partial charge in [0.2, 0.25) is 0 Å². The first-order chi connectivity index (χ1) is 4.92. The fraction of sp³-hybridized carbons (Fsp3) is 1.00. The molecule has 68 valence electrons. The van der Waals surface area contributed by atoms with Crippen LogP contribution in [-0.2, 0) is 10.7 Å². The molecule has 0 spiro atoms. The zero-order valence-corrected chi connectivity index (χ0v) is 8.52. The first-order valence-corrected chi connectivity index (χ1v) is 4.96. The smallest absolute Gasteiger partial charge is 0.158 e. The second kappa shape index (κ2) is 4.07. The SMILES string of the molecule is CCCN(C)C(C)(C)[SH](=O)=O. The predicted molar refractivity (Wildman–Crippen MR) is 47.3 cm³/mol. The highest BCUT2D eigenvalue weighted by Crippen LogP contribution is 2.12. The highest BCUT2D eigenvalue weighted by atomic mass is 32.2. The van der Waals surface area contributed by atoms with Gasteiger partial charge in [0.15, 0.2) is 10.7 Å². The van der Waals surface area contributed by atoms with Gasteiger partial charge >= 0.3 is 0 Å². The molecule has 3 nitrogen and oxygen atoms in total. The van der Waals surface area contributed by atoms with Crippen molar-refractivity contribution in [2.75, 3.05) is 13.6 Å². The molecule has 0 aliphatic rings. The molecule has 0 unspecified atom stereocenters. The van der Waals surface area contributed by atoms with E-state index >= 15 is 0 Å². The van der Waals surface area contributed by atoms with Crippen LogP contribution >= 0.6 is 0 Å². The third-order valence-corrected chi connectivity index (χ3v) is 3.17. The van der Waals surface area contributed by atoms with Crippen molar-refractivity contribution >= 4 is 10.7 Å². The number of rotatable bonds is 4. The highest BCUT2D eigenvalue weighted by molar-refractivity contribution is 7.73. The monoisotopic (exact) mass is 179 g/mol. The molecule has 0 rings (SSSR count). The van der Waals surface area contributed by atoms with Crippen molar-refractivity contribution in [1.29, 1.82) is 0 Å². The van der Waals surface area contributed by atoms with Gasteiger partial charge in [-0.25, -0.2) is 8.42 Å². The molecule has 0 aromatic rings. The van der Waals surface area contributed by atoms with Gasteiger partial charge < -0.3 is 0 Å². The van der Waals surface area contributed by atoms with E-state index in [0.717, 1.165) is 13.0 Å². The van der Waals surface area contributed by atoms with Crippen LogP contribution in [0.25, 0.3) is 0 Å². The Morgan fingerprint density at radius 1 is 1.36 bits per heavy atom. The van der Waals surface area contributed by atoms with Crippen LogP contribution in [0.2, 0.25) is 0 Å². The van der Waals surface area contributed by atoms with E-state index in [1.165, 1.54) is 0 Å². The van der Waals surface area contributed by atoms with Gasteiger partial charge in [0.1, 0.15) is 4.87 Å². The highest BCUT2D eigenvalue weighted by Gasteiger charge is 2.25. The number of nitrogens with zero attached hydrogens (tertiary/aromatic N) is 1. The maximum Gasteiger partial charge on any atom is 0.158 e. The Balaban J connectivity index is 4.29. The molecule has 0 atom stereocenters. The minimum absolute atomic E-state index is 0.703. The second-order valence-corrected chi connectivity index (χ2v) is 4.78. The molecular formula is C7H17NO2S. The zero-order valence-electron chi connectivity index (χ0n) is 7.63. The summed E-state index contributed by atoms with van der Waals surface area (Å²) in [5.74, 6) is 0. The maximum atomic E-state index is 10.7. The Labute approximate surface area is 70.3 Å². The van der Waals surface area contributed by atoms with Crippen LogP contribution in [0.1, 0.15) is 27.2 Å². The molecule has 0 bridgehead atoms. The normalized spacial score (nSPS) is 12.9. The van der Waals surface area contributed by atoms with Crippen LogP contribution in [0.5, 0.6) is 0 Å². The molecule has 0 aliphatic heterocycles. The summed E-state index contributed by atoms with van der Waals surface area (Å²) in [7, 11) is -0.541. The van der Waals surface area contributed by atoms with E-state index < -0.39 is 15.6 Å². The van der Waals surface area contributed by atoms with Crippen molar-refractivity contribution in [3.8, 4) is 0 Å². The molecular weight excluding hydrogens is 162 g/mol. The van der Waals surface area contributed by atoms with Gasteiger partial charge in [-0.1, -0.05) is 6.92 Å². The van der Waals surface area contributed by atoms with Crippen LogP contribution in [0.15, 0.2) is 0 Å². The van der Waals surface area contributed by atoms with Gasteiger partial charge in [-0.05, 0) is 33.9 Å². The summed E-state index contributed by atoms with van der Waals surface area (Å²) in [6.45, 7) is 6.28. The fourth-order valence-electron chi connectivity index (χ4n) is 0.748. The number of hydrogen-bond donors (Lipinski definition) is 1. The van der Waals surface area contributed by atoms with Crippen LogP contribution in [0, 0.1) is 0 Å². The number of thiol groups is 1. The minimum Gasteiger partial charge on any atom is -0.289 e. The lowest BCUT2D eigenvalue weighted by Crippen LogP contribution is -2.42. The molecule has 0 saturated heterocycles. The van der Waals surface area contributed by atoms with Crippen LogP contribution in [0.4, 0.5) is 0 Å². The largest absolute Gasteiger partial charge is 0.289 e. The van der Waals surface area contributed by atoms with Crippen LogP contribution < -0.4 is 0 Å². The first kappa shape index (κ1) is 10.9. The summed E-state index contributed by atoms with van der Waals surface area (Å²) in [4.78, 5) is 1.14. The van der Waals surface area contributed by atoms with E-state index in [4.69, 9.17) is 0 Å². The predicted octanol–water partition coefficient (Wildman–Crippen LogP) is 0.676. The van der Waals surface area contributed by atoms with Gasteiger partial charge in [0.05, 0.1) is 0 Å². The van der Waals surface area contributed by atoms with Crippen molar-refractivity contribution < 1.29 is 8.42 Å². The van der Waals surface area contributed by atoms with Crippen LogP contribution in [0.3, 0.4) is 0 Å². The standard InChI is InChI=1S/C7H17NO2S/c1-5-6-8(4)7(2,3)11(9)10/h11H,5-6H2,1-4H3. The Morgan fingerprint density at radius 3 is 2.09 bits per heavy atom. The van der Waals surface area contributed by atoms with Crippen molar-refractivity contribution in [1.82, 2.24) is 4.90 Å². The van der Waals surface area contributed by atoms with Crippen molar-refractivity contribution in [3.63, 3.8) is 0 Å². The quantitative estimate of drug-likeness (QED) is 0.645. The lowest BCUT2D eigenvalue weighted by Gasteiger charge is -2.29. The first-order valence-electron chi connectivity index (χ1n) is 3.78. The lowest BCUT2D eigenvalue weighted by molar-refractivity contribution is 0.235. The molecule has 0 N–H and O–H groups in total. The van der Waals surface area contributed by atoms with Crippen molar-refractivity contribution in [2.24, 2.45) is 0 Å². The topological polar surface area (TPSA) is 37.4 Å². The van der Waals surface area contributed by atoms with Crippen molar-refractivity contribution in [3.05, 3.63) is 0 Å². The summed E-state index contributed by atoms with van der Waals surface area (Å²) in [5, 5.41) is 0. The molecule has 0 saturated carbocycles. The van der Waals surface area contributed by atoms with Gasteiger partial charge in [-0.2, -0.15) is 0 Å².